The van der Waals surface area contributed by atoms with Crippen molar-refractivity contribution in [2.45, 2.75) is 38.6 Å². The highest BCUT2D eigenvalue weighted by atomic mass is 79.9. The Morgan fingerprint density at radius 1 is 1.53 bits per heavy atom. The summed E-state index contributed by atoms with van der Waals surface area (Å²) >= 11 is 4.51. The molecule has 0 aliphatic heterocycles. The maximum absolute atomic E-state index is 12.3. The van der Waals surface area contributed by atoms with Gasteiger partial charge >= 0.3 is 0 Å². The third-order valence-corrected chi connectivity index (χ3v) is 3.75. The number of carbonyl (C=O) groups excluding carboxylic acids is 1. The third kappa shape index (κ3) is 4.81. The van der Waals surface area contributed by atoms with Crippen molar-refractivity contribution in [3.63, 3.8) is 0 Å². The molecular formula is C12H20BrN3O2S. The van der Waals surface area contributed by atoms with Gasteiger partial charge in [0.2, 0.25) is 0 Å². The van der Waals surface area contributed by atoms with Crippen LogP contribution in [0.1, 0.15) is 42.6 Å². The molecule has 1 heterocycles. The zero-order chi connectivity index (χ0) is 14.5. The maximum Gasteiger partial charge on any atom is 0.265 e. The van der Waals surface area contributed by atoms with E-state index < -0.39 is 0 Å². The second-order valence-electron chi connectivity index (χ2n) is 5.30. The number of nitrogens with one attached hydrogen (secondary N) is 1. The summed E-state index contributed by atoms with van der Waals surface area (Å²) in [5.41, 5.74) is 0.552. The molecule has 0 aromatic carbocycles. The number of hydrogen-bond donors (Lipinski definition) is 1. The number of amides is 1. The van der Waals surface area contributed by atoms with Crippen molar-refractivity contribution in [1.82, 2.24) is 14.9 Å². The molecule has 7 heteroatoms. The molecule has 1 aromatic heterocycles. The summed E-state index contributed by atoms with van der Waals surface area (Å²) in [5.74, 6) is -0.122. The lowest BCUT2D eigenvalue weighted by atomic mass is 9.91. The van der Waals surface area contributed by atoms with Gasteiger partial charge in [-0.15, -0.1) is 5.10 Å². The predicted molar refractivity (Wildman–Crippen MR) is 80.2 cm³/mol. The number of halogens is 1. The highest BCUT2D eigenvalue weighted by Crippen LogP contribution is 2.25. The van der Waals surface area contributed by atoms with E-state index in [9.17, 15) is 4.79 Å². The number of hydrogen-bond acceptors (Lipinski definition) is 5. The molecule has 0 fully saturated rings. The van der Waals surface area contributed by atoms with Gasteiger partial charge < -0.3 is 10.1 Å². The first kappa shape index (κ1) is 16.5. The molecule has 0 aliphatic carbocycles. The van der Waals surface area contributed by atoms with Crippen molar-refractivity contribution in [1.29, 1.82) is 0 Å². The Hall–Kier alpha value is -0.530. The lowest BCUT2D eigenvalue weighted by Crippen LogP contribution is -2.38. The van der Waals surface area contributed by atoms with Crippen molar-refractivity contribution in [2.75, 3.05) is 19.0 Å². The number of rotatable bonds is 6. The summed E-state index contributed by atoms with van der Waals surface area (Å²) in [5, 5.41) is 7.86. The summed E-state index contributed by atoms with van der Waals surface area (Å²) < 4.78 is 9.01. The summed E-state index contributed by atoms with van der Waals surface area (Å²) in [4.78, 5) is 12.9. The second-order valence-corrected chi connectivity index (χ2v) is 6.85. The Labute approximate surface area is 126 Å². The average Bonchev–Trinajstić information content (AvgIpc) is 2.78. The van der Waals surface area contributed by atoms with Crippen LogP contribution in [0.4, 0.5) is 0 Å². The molecular weight excluding hydrogens is 330 g/mol. The SMILES string of the molecule is COCC(CCBr)NC(=O)c1snnc1C(C)(C)C. The molecule has 0 spiro atoms. The quantitative estimate of drug-likeness (QED) is 0.800. The van der Waals surface area contributed by atoms with Crippen LogP contribution in [-0.4, -0.2) is 40.6 Å². The summed E-state index contributed by atoms with van der Waals surface area (Å²) in [7, 11) is 1.63. The van der Waals surface area contributed by atoms with Crippen molar-refractivity contribution in [3.8, 4) is 0 Å². The minimum absolute atomic E-state index is 0.00760. The lowest BCUT2D eigenvalue weighted by molar-refractivity contribution is 0.0897. The second kappa shape index (κ2) is 7.31. The molecule has 0 aliphatic rings. The number of carbonyl (C=O) groups is 1. The number of nitrogens with zero attached hydrogens (tertiary/aromatic N) is 2. The monoisotopic (exact) mass is 349 g/mol. The Morgan fingerprint density at radius 2 is 2.21 bits per heavy atom. The van der Waals surface area contributed by atoms with Crippen LogP contribution in [0.3, 0.4) is 0 Å². The van der Waals surface area contributed by atoms with Crippen LogP contribution < -0.4 is 5.32 Å². The van der Waals surface area contributed by atoms with E-state index in [0.717, 1.165) is 29.0 Å². The van der Waals surface area contributed by atoms with E-state index in [1.807, 2.05) is 20.8 Å². The van der Waals surface area contributed by atoms with Gasteiger partial charge in [0.15, 0.2) is 0 Å². The zero-order valence-electron chi connectivity index (χ0n) is 11.7. The van der Waals surface area contributed by atoms with E-state index in [1.54, 1.807) is 7.11 Å². The highest BCUT2D eigenvalue weighted by molar-refractivity contribution is 9.09. The fourth-order valence-corrected chi connectivity index (χ4v) is 2.94. The van der Waals surface area contributed by atoms with E-state index in [0.29, 0.717) is 11.5 Å². The van der Waals surface area contributed by atoms with E-state index in [-0.39, 0.29) is 17.4 Å². The molecule has 1 atom stereocenters. The standard InChI is InChI=1S/C12H20BrN3O2S/c1-12(2,3)10-9(19-16-15-10)11(17)14-8(5-6-13)7-18-4/h8H,5-7H2,1-4H3,(H,14,17). The van der Waals surface area contributed by atoms with Crippen LogP contribution in [0.5, 0.6) is 0 Å². The normalized spacial score (nSPS) is 13.3. The Morgan fingerprint density at radius 3 is 2.74 bits per heavy atom. The molecule has 108 valence electrons. The van der Waals surface area contributed by atoms with Crippen LogP contribution >= 0.6 is 27.5 Å². The summed E-state index contributed by atoms with van der Waals surface area (Å²) in [6.45, 7) is 6.55. The van der Waals surface area contributed by atoms with E-state index in [4.69, 9.17) is 4.74 Å². The largest absolute Gasteiger partial charge is 0.383 e. The van der Waals surface area contributed by atoms with Crippen molar-refractivity contribution in [2.24, 2.45) is 0 Å². The fourth-order valence-electron chi connectivity index (χ4n) is 1.61. The van der Waals surface area contributed by atoms with E-state index in [2.05, 4.69) is 30.8 Å². The van der Waals surface area contributed by atoms with E-state index in [1.165, 1.54) is 0 Å². The molecule has 1 rings (SSSR count). The molecule has 1 aromatic rings. The van der Waals surface area contributed by atoms with Gasteiger partial charge in [-0.2, -0.15) is 0 Å². The molecule has 19 heavy (non-hydrogen) atoms. The molecule has 5 nitrogen and oxygen atoms in total. The first-order valence-corrected chi connectivity index (χ1v) is 7.98. The molecule has 0 radical (unpaired) electrons. The smallest absolute Gasteiger partial charge is 0.265 e. The maximum atomic E-state index is 12.3. The zero-order valence-corrected chi connectivity index (χ0v) is 14.1. The van der Waals surface area contributed by atoms with Crippen LogP contribution in [0, 0.1) is 0 Å². The number of ether oxygens (including phenoxy) is 1. The predicted octanol–water partition coefficient (Wildman–Crippen LogP) is 2.37. The van der Waals surface area contributed by atoms with Gasteiger partial charge in [-0.1, -0.05) is 41.2 Å². The van der Waals surface area contributed by atoms with Gasteiger partial charge in [0.25, 0.3) is 5.91 Å². The summed E-state index contributed by atoms with van der Waals surface area (Å²) in [6, 6.07) is -0.00760. The molecule has 1 N–H and O–H groups in total. The van der Waals surface area contributed by atoms with Gasteiger partial charge in [0.1, 0.15) is 4.88 Å². The molecule has 0 saturated carbocycles. The average molecular weight is 350 g/mol. The topological polar surface area (TPSA) is 64.1 Å². The molecule has 1 amide bonds. The van der Waals surface area contributed by atoms with Crippen molar-refractivity contribution < 1.29 is 9.53 Å². The number of aromatic nitrogens is 2. The first-order chi connectivity index (χ1) is 8.90. The van der Waals surface area contributed by atoms with Gasteiger partial charge in [-0.25, -0.2) is 0 Å². The molecule has 0 bridgehead atoms. The minimum atomic E-state index is -0.189. The minimum Gasteiger partial charge on any atom is -0.383 e. The fraction of sp³-hybridized carbons (Fsp3) is 0.750. The van der Waals surface area contributed by atoms with Crippen LogP contribution in [0.25, 0.3) is 0 Å². The highest BCUT2D eigenvalue weighted by Gasteiger charge is 2.27. The number of alkyl halides is 1. The van der Waals surface area contributed by atoms with Gasteiger partial charge in [-0.05, 0) is 18.0 Å². The van der Waals surface area contributed by atoms with Crippen LogP contribution in [-0.2, 0) is 10.2 Å². The Bertz CT molecular complexity index is 411. The summed E-state index contributed by atoms with van der Waals surface area (Å²) in [6.07, 6.45) is 0.816. The van der Waals surface area contributed by atoms with Crippen LogP contribution in [0.15, 0.2) is 0 Å². The molecule has 1 unspecified atom stereocenters. The third-order valence-electron chi connectivity index (χ3n) is 2.57. The van der Waals surface area contributed by atoms with Crippen LogP contribution in [0.2, 0.25) is 0 Å². The molecule has 0 saturated heterocycles. The van der Waals surface area contributed by atoms with Gasteiger partial charge in [-0.3, -0.25) is 4.79 Å². The first-order valence-electron chi connectivity index (χ1n) is 6.08. The number of methoxy groups -OCH3 is 1. The Kier molecular flexibility index (Phi) is 6.35. The lowest BCUT2D eigenvalue weighted by Gasteiger charge is -2.19. The van der Waals surface area contributed by atoms with E-state index >= 15 is 0 Å². The Balaban J connectivity index is 2.80. The van der Waals surface area contributed by atoms with Gasteiger partial charge in [0.05, 0.1) is 18.3 Å². The van der Waals surface area contributed by atoms with Gasteiger partial charge in [0, 0.05) is 17.9 Å². The van der Waals surface area contributed by atoms with Crippen molar-refractivity contribution in [3.05, 3.63) is 10.6 Å². The van der Waals surface area contributed by atoms with Crippen molar-refractivity contribution >= 4 is 33.4 Å².